The van der Waals surface area contributed by atoms with E-state index in [1.165, 1.54) is 28.9 Å². The summed E-state index contributed by atoms with van der Waals surface area (Å²) in [5.41, 5.74) is 3.13. The van der Waals surface area contributed by atoms with E-state index in [1.54, 1.807) is 36.4 Å². The lowest BCUT2D eigenvalue weighted by Crippen LogP contribution is -2.16. The molecule has 2 heterocycles. The summed E-state index contributed by atoms with van der Waals surface area (Å²) in [5, 5.41) is 6.98. The van der Waals surface area contributed by atoms with Crippen LogP contribution in [0.4, 0.5) is 0 Å². The van der Waals surface area contributed by atoms with Crippen molar-refractivity contribution in [1.82, 2.24) is 5.43 Å². The largest absolute Gasteiger partial charge is 0.422 e. The SMILES string of the molecule is O=C(NN=Cc1cccc(OC(=O)c2sc3ccccc3c2Cl)c1)c1cccs1. The number of ether oxygens (including phenoxy) is 1. The maximum absolute atomic E-state index is 12.6. The normalized spacial score (nSPS) is 11.1. The molecule has 5 nitrogen and oxygen atoms in total. The van der Waals surface area contributed by atoms with Crippen LogP contribution in [-0.2, 0) is 0 Å². The van der Waals surface area contributed by atoms with Crippen molar-refractivity contribution in [3.8, 4) is 5.75 Å². The number of nitrogens with zero attached hydrogens (tertiary/aromatic N) is 1. The second-order valence-corrected chi connectivity index (χ2v) is 8.26. The van der Waals surface area contributed by atoms with Crippen LogP contribution in [0, 0.1) is 0 Å². The van der Waals surface area contributed by atoms with Gasteiger partial charge in [-0.25, -0.2) is 10.2 Å². The molecular weight excluding hydrogens is 428 g/mol. The van der Waals surface area contributed by atoms with Gasteiger partial charge in [0, 0.05) is 10.1 Å². The predicted octanol–water partition coefficient (Wildman–Crippen LogP) is 5.60. The molecule has 0 saturated carbocycles. The van der Waals surface area contributed by atoms with Crippen molar-refractivity contribution in [2.24, 2.45) is 5.10 Å². The van der Waals surface area contributed by atoms with E-state index in [0.29, 0.717) is 26.1 Å². The molecule has 0 spiro atoms. The van der Waals surface area contributed by atoms with Crippen LogP contribution in [-0.4, -0.2) is 18.1 Å². The van der Waals surface area contributed by atoms with E-state index in [2.05, 4.69) is 10.5 Å². The number of nitrogens with one attached hydrogen (secondary N) is 1. The minimum atomic E-state index is -0.517. The van der Waals surface area contributed by atoms with Crippen molar-refractivity contribution >= 4 is 62.5 Å². The number of benzene rings is 2. The number of carbonyl (C=O) groups is 2. The second-order valence-electron chi connectivity index (χ2n) is 5.88. The summed E-state index contributed by atoms with van der Waals surface area (Å²) < 4.78 is 6.40. The monoisotopic (exact) mass is 440 g/mol. The Bertz CT molecular complexity index is 1220. The van der Waals surface area contributed by atoms with Crippen molar-refractivity contribution < 1.29 is 14.3 Å². The highest BCUT2D eigenvalue weighted by atomic mass is 35.5. The first-order chi connectivity index (χ1) is 14.1. The molecule has 29 heavy (non-hydrogen) atoms. The Balaban J connectivity index is 1.45. The molecule has 8 heteroatoms. The average molecular weight is 441 g/mol. The highest BCUT2D eigenvalue weighted by molar-refractivity contribution is 7.21. The molecule has 4 aromatic rings. The molecule has 0 bridgehead atoms. The third kappa shape index (κ3) is 4.37. The Morgan fingerprint density at radius 3 is 2.72 bits per heavy atom. The van der Waals surface area contributed by atoms with E-state index in [9.17, 15) is 9.59 Å². The van der Waals surface area contributed by atoms with Gasteiger partial charge in [0.15, 0.2) is 0 Å². The predicted molar refractivity (Wildman–Crippen MR) is 118 cm³/mol. The summed E-state index contributed by atoms with van der Waals surface area (Å²) in [6, 6.07) is 17.9. The Hall–Kier alpha value is -3.00. The number of fused-ring (bicyclic) bond motifs is 1. The minimum absolute atomic E-state index is 0.279. The zero-order valence-corrected chi connectivity index (χ0v) is 17.2. The van der Waals surface area contributed by atoms with Gasteiger partial charge < -0.3 is 4.74 Å². The molecule has 4 rings (SSSR count). The van der Waals surface area contributed by atoms with E-state index < -0.39 is 5.97 Å². The summed E-state index contributed by atoms with van der Waals surface area (Å²) in [6.45, 7) is 0. The van der Waals surface area contributed by atoms with Gasteiger partial charge in [0.25, 0.3) is 5.91 Å². The standard InChI is InChI=1S/C21H13ClN2O3S2/c22-18-15-7-1-2-8-16(15)29-19(18)21(26)27-14-6-3-5-13(11-14)12-23-24-20(25)17-9-4-10-28-17/h1-12H,(H,24,25). The topological polar surface area (TPSA) is 67.8 Å². The van der Waals surface area contributed by atoms with E-state index in [1.807, 2.05) is 29.6 Å². The van der Waals surface area contributed by atoms with Gasteiger partial charge in [-0.05, 0) is 35.2 Å². The molecule has 0 radical (unpaired) electrons. The van der Waals surface area contributed by atoms with Crippen molar-refractivity contribution in [3.05, 3.63) is 86.4 Å². The van der Waals surface area contributed by atoms with Gasteiger partial charge in [-0.2, -0.15) is 5.10 Å². The highest BCUT2D eigenvalue weighted by Crippen LogP contribution is 2.35. The lowest BCUT2D eigenvalue weighted by Gasteiger charge is -2.04. The van der Waals surface area contributed by atoms with Gasteiger partial charge in [-0.3, -0.25) is 4.79 Å². The average Bonchev–Trinajstić information content (AvgIpc) is 3.37. The summed E-state index contributed by atoms with van der Waals surface area (Å²) in [7, 11) is 0. The molecule has 0 saturated heterocycles. The third-order valence-electron chi connectivity index (χ3n) is 3.91. The van der Waals surface area contributed by atoms with Crippen molar-refractivity contribution in [1.29, 1.82) is 0 Å². The number of thiophene rings is 2. The van der Waals surface area contributed by atoms with Gasteiger partial charge in [0.2, 0.25) is 0 Å². The third-order valence-corrected chi connectivity index (χ3v) is 6.44. The second kappa shape index (κ2) is 8.57. The van der Waals surface area contributed by atoms with Gasteiger partial charge >= 0.3 is 5.97 Å². The van der Waals surface area contributed by atoms with E-state index in [0.717, 1.165) is 10.1 Å². The van der Waals surface area contributed by atoms with Crippen LogP contribution in [0.3, 0.4) is 0 Å². The molecule has 0 aliphatic carbocycles. The summed E-state index contributed by atoms with van der Waals surface area (Å²) >= 11 is 8.96. The molecule has 1 N–H and O–H groups in total. The Morgan fingerprint density at radius 2 is 1.93 bits per heavy atom. The number of hydrogen-bond donors (Lipinski definition) is 1. The molecule has 144 valence electrons. The zero-order chi connectivity index (χ0) is 20.2. The number of amides is 1. The fraction of sp³-hybridized carbons (Fsp3) is 0. The summed E-state index contributed by atoms with van der Waals surface area (Å²) in [5.74, 6) is -0.438. The number of esters is 1. The summed E-state index contributed by atoms with van der Waals surface area (Å²) in [6.07, 6.45) is 1.48. The van der Waals surface area contributed by atoms with Crippen LogP contribution in [0.15, 0.2) is 71.1 Å². The maximum Gasteiger partial charge on any atom is 0.355 e. The lowest BCUT2D eigenvalue weighted by atomic mass is 10.2. The fourth-order valence-electron chi connectivity index (χ4n) is 2.59. The lowest BCUT2D eigenvalue weighted by molar-refractivity contribution is 0.0740. The molecule has 0 unspecified atom stereocenters. The first-order valence-corrected chi connectivity index (χ1v) is 10.6. The summed E-state index contributed by atoms with van der Waals surface area (Å²) in [4.78, 5) is 25.4. The smallest absolute Gasteiger partial charge is 0.355 e. The van der Waals surface area contributed by atoms with Crippen LogP contribution in [0.1, 0.15) is 24.9 Å². The zero-order valence-electron chi connectivity index (χ0n) is 14.8. The van der Waals surface area contributed by atoms with Crippen LogP contribution >= 0.6 is 34.3 Å². The molecule has 0 aliphatic rings. The first-order valence-electron chi connectivity index (χ1n) is 8.48. The van der Waals surface area contributed by atoms with Crippen LogP contribution in [0.5, 0.6) is 5.75 Å². The number of rotatable bonds is 5. The van der Waals surface area contributed by atoms with Gasteiger partial charge in [-0.15, -0.1) is 22.7 Å². The number of hydrazone groups is 1. The maximum atomic E-state index is 12.6. The molecule has 1 amide bonds. The minimum Gasteiger partial charge on any atom is -0.422 e. The van der Waals surface area contributed by atoms with Gasteiger partial charge in [-0.1, -0.05) is 48.0 Å². The van der Waals surface area contributed by atoms with Crippen LogP contribution in [0.2, 0.25) is 5.02 Å². The Kier molecular flexibility index (Phi) is 5.71. The molecule has 2 aromatic carbocycles. The van der Waals surface area contributed by atoms with Crippen molar-refractivity contribution in [2.75, 3.05) is 0 Å². The van der Waals surface area contributed by atoms with Gasteiger partial charge in [0.1, 0.15) is 10.6 Å². The number of carbonyl (C=O) groups excluding carboxylic acids is 2. The molecular formula is C21H13ClN2O3S2. The number of halogens is 1. The van der Waals surface area contributed by atoms with E-state index in [4.69, 9.17) is 16.3 Å². The van der Waals surface area contributed by atoms with Crippen LogP contribution in [0.25, 0.3) is 10.1 Å². The number of hydrogen-bond acceptors (Lipinski definition) is 6. The van der Waals surface area contributed by atoms with Crippen LogP contribution < -0.4 is 10.2 Å². The van der Waals surface area contributed by atoms with Crippen molar-refractivity contribution in [3.63, 3.8) is 0 Å². The van der Waals surface area contributed by atoms with E-state index in [-0.39, 0.29) is 5.91 Å². The fourth-order valence-corrected chi connectivity index (χ4v) is 4.58. The highest BCUT2D eigenvalue weighted by Gasteiger charge is 2.19. The van der Waals surface area contributed by atoms with Gasteiger partial charge in [0.05, 0.1) is 16.1 Å². The Labute approximate surface area is 179 Å². The molecule has 2 aromatic heterocycles. The first kappa shape index (κ1) is 19.3. The van der Waals surface area contributed by atoms with Crippen molar-refractivity contribution in [2.45, 2.75) is 0 Å². The molecule has 0 aliphatic heterocycles. The quantitative estimate of drug-likeness (QED) is 0.190. The van der Waals surface area contributed by atoms with E-state index >= 15 is 0 Å². The molecule has 0 atom stereocenters. The molecule has 0 fully saturated rings. The Morgan fingerprint density at radius 1 is 1.07 bits per heavy atom.